The van der Waals surface area contributed by atoms with E-state index in [1.165, 1.54) is 19.5 Å². The van der Waals surface area contributed by atoms with Crippen LogP contribution in [0.3, 0.4) is 0 Å². The number of nitrogens with one attached hydrogen (secondary N) is 1. The highest BCUT2D eigenvalue weighted by Gasteiger charge is 1.92. The lowest BCUT2D eigenvalue weighted by atomic mass is 10.3. The Balaban J connectivity index is 0.000000112. The zero-order chi connectivity index (χ0) is 4.83. The molecule has 3 N–H and O–H groups in total. The third-order valence-electron chi connectivity index (χ3n) is 0.707. The van der Waals surface area contributed by atoms with Crippen LogP contribution in [-0.4, -0.2) is 23.6 Å². The summed E-state index contributed by atoms with van der Waals surface area (Å²) in [6.45, 7) is 2.50. The molecule has 3 nitrogen and oxygen atoms in total. The molecule has 0 amide bonds. The summed E-state index contributed by atoms with van der Waals surface area (Å²) >= 11 is 0. The maximum atomic E-state index is 6.00. The van der Waals surface area contributed by atoms with Crippen molar-refractivity contribution in [2.24, 2.45) is 0 Å². The van der Waals surface area contributed by atoms with Gasteiger partial charge >= 0.3 is 0 Å². The predicted molar refractivity (Wildman–Crippen MR) is 22.7 cm³/mol. The van der Waals surface area contributed by atoms with E-state index in [0.717, 1.165) is 0 Å². The summed E-state index contributed by atoms with van der Waals surface area (Å²) in [4.78, 5) is 0. The lowest BCUT2D eigenvalue weighted by Crippen LogP contribution is -2.29. The van der Waals surface area contributed by atoms with Crippen molar-refractivity contribution in [2.75, 3.05) is 13.1 Å². The molecule has 0 spiro atoms. The molecule has 0 bridgehead atoms. The van der Waals surface area contributed by atoms with Crippen molar-refractivity contribution in [2.45, 2.75) is 6.42 Å². The normalized spacial score (nSPS) is 17.0. The number of hydrogen-bond acceptors (Lipinski definition) is 3. The SMILES string of the molecule is C1CNC1.OO. The van der Waals surface area contributed by atoms with Gasteiger partial charge in [-0.05, 0) is 19.5 Å². The minimum Gasteiger partial charge on any atom is -0.317 e. The quantitative estimate of drug-likeness (QED) is 0.290. The van der Waals surface area contributed by atoms with Gasteiger partial charge in [-0.25, -0.2) is 0 Å². The zero-order valence-corrected chi connectivity index (χ0v) is 3.52. The first-order valence-electron chi connectivity index (χ1n) is 1.91. The van der Waals surface area contributed by atoms with Crippen molar-refractivity contribution in [3.8, 4) is 0 Å². The van der Waals surface area contributed by atoms with Crippen LogP contribution in [0.2, 0.25) is 0 Å². The van der Waals surface area contributed by atoms with E-state index in [1.54, 1.807) is 0 Å². The molecule has 1 fully saturated rings. The van der Waals surface area contributed by atoms with Gasteiger partial charge in [0.2, 0.25) is 0 Å². The Labute approximate surface area is 36.5 Å². The summed E-state index contributed by atoms with van der Waals surface area (Å²) in [6.07, 6.45) is 1.39. The second-order valence-electron chi connectivity index (χ2n) is 1.10. The molecule has 0 aromatic heterocycles. The van der Waals surface area contributed by atoms with Gasteiger partial charge < -0.3 is 5.32 Å². The first-order valence-corrected chi connectivity index (χ1v) is 1.91. The molecule has 0 aliphatic carbocycles. The van der Waals surface area contributed by atoms with E-state index in [-0.39, 0.29) is 0 Å². The molecular weight excluding hydrogens is 82.0 g/mol. The maximum absolute atomic E-state index is 6.00. The monoisotopic (exact) mass is 91.1 g/mol. The topological polar surface area (TPSA) is 52.5 Å². The summed E-state index contributed by atoms with van der Waals surface area (Å²) < 4.78 is 0. The first kappa shape index (κ1) is 5.88. The van der Waals surface area contributed by atoms with Crippen molar-refractivity contribution in [3.05, 3.63) is 0 Å². The van der Waals surface area contributed by atoms with Gasteiger partial charge in [-0.15, -0.1) is 0 Å². The van der Waals surface area contributed by atoms with Gasteiger partial charge in [0.1, 0.15) is 0 Å². The minimum absolute atomic E-state index is 1.25. The smallest absolute Gasteiger partial charge is 0.00368 e. The van der Waals surface area contributed by atoms with Crippen LogP contribution in [0.25, 0.3) is 0 Å². The van der Waals surface area contributed by atoms with Crippen LogP contribution < -0.4 is 5.32 Å². The highest BCUT2D eigenvalue weighted by atomic mass is 17.0. The van der Waals surface area contributed by atoms with E-state index in [4.69, 9.17) is 10.5 Å². The number of rotatable bonds is 0. The summed E-state index contributed by atoms with van der Waals surface area (Å²) in [6, 6.07) is 0. The van der Waals surface area contributed by atoms with Crippen LogP contribution in [0.15, 0.2) is 0 Å². The molecule has 0 aromatic rings. The summed E-state index contributed by atoms with van der Waals surface area (Å²) in [7, 11) is 0. The summed E-state index contributed by atoms with van der Waals surface area (Å²) in [5, 5.41) is 15.1. The fourth-order valence-electron chi connectivity index (χ4n) is 0.177. The van der Waals surface area contributed by atoms with Crippen LogP contribution in [0.1, 0.15) is 6.42 Å². The largest absolute Gasteiger partial charge is 0.317 e. The fourth-order valence-corrected chi connectivity index (χ4v) is 0.177. The van der Waals surface area contributed by atoms with Gasteiger partial charge in [0.25, 0.3) is 0 Å². The Morgan fingerprint density at radius 1 is 1.17 bits per heavy atom. The van der Waals surface area contributed by atoms with Gasteiger partial charge in [0.15, 0.2) is 0 Å². The van der Waals surface area contributed by atoms with Crippen LogP contribution >= 0.6 is 0 Å². The van der Waals surface area contributed by atoms with E-state index in [1.807, 2.05) is 0 Å². The van der Waals surface area contributed by atoms with Gasteiger partial charge in [0, 0.05) is 0 Å². The highest BCUT2D eigenvalue weighted by molar-refractivity contribution is 4.56. The van der Waals surface area contributed by atoms with Crippen LogP contribution in [0.5, 0.6) is 0 Å². The van der Waals surface area contributed by atoms with Crippen molar-refractivity contribution in [3.63, 3.8) is 0 Å². The fraction of sp³-hybridized carbons (Fsp3) is 1.00. The molecule has 1 aliphatic rings. The van der Waals surface area contributed by atoms with Crippen molar-refractivity contribution < 1.29 is 10.5 Å². The van der Waals surface area contributed by atoms with Gasteiger partial charge in [0.05, 0.1) is 0 Å². The molecule has 0 radical (unpaired) electrons. The van der Waals surface area contributed by atoms with Crippen molar-refractivity contribution >= 4 is 0 Å². The summed E-state index contributed by atoms with van der Waals surface area (Å²) in [5.74, 6) is 0. The lowest BCUT2D eigenvalue weighted by Gasteiger charge is -2.09. The second kappa shape index (κ2) is 4.88. The minimum atomic E-state index is 1.25. The Bertz CT molecular complexity index is 16.8. The van der Waals surface area contributed by atoms with Crippen LogP contribution in [0, 0.1) is 0 Å². The average Bonchev–Trinajstić information content (AvgIpc) is 1.36. The first-order chi connectivity index (χ1) is 3.00. The third kappa shape index (κ3) is 2.14. The number of hydrogen-bond donors (Lipinski definition) is 3. The standard InChI is InChI=1S/C3H7N.H2O2/c1-2-4-3-1;1-2/h4H,1-3H2;1-2H. The average molecular weight is 91.1 g/mol. The van der Waals surface area contributed by atoms with Crippen LogP contribution in [-0.2, 0) is 0 Å². The molecule has 38 valence electrons. The van der Waals surface area contributed by atoms with E-state index < -0.39 is 0 Å². The molecule has 0 atom stereocenters. The molecule has 1 rings (SSSR count). The lowest BCUT2D eigenvalue weighted by molar-refractivity contribution is -0.176. The van der Waals surface area contributed by atoms with Crippen molar-refractivity contribution in [1.29, 1.82) is 0 Å². The van der Waals surface area contributed by atoms with E-state index >= 15 is 0 Å². The molecular formula is C3H9NO2. The van der Waals surface area contributed by atoms with Gasteiger partial charge in [-0.3, -0.25) is 10.5 Å². The Morgan fingerprint density at radius 3 is 1.33 bits per heavy atom. The highest BCUT2D eigenvalue weighted by Crippen LogP contribution is 1.80. The Hall–Kier alpha value is -0.120. The zero-order valence-electron chi connectivity index (χ0n) is 3.52. The molecule has 3 heteroatoms. The van der Waals surface area contributed by atoms with E-state index in [0.29, 0.717) is 0 Å². The molecule has 0 aromatic carbocycles. The van der Waals surface area contributed by atoms with Gasteiger partial charge in [-0.1, -0.05) is 0 Å². The van der Waals surface area contributed by atoms with Crippen molar-refractivity contribution in [1.82, 2.24) is 5.32 Å². The third-order valence-corrected chi connectivity index (χ3v) is 0.707. The van der Waals surface area contributed by atoms with E-state index in [9.17, 15) is 0 Å². The Kier molecular flexibility index (Phi) is 4.78. The predicted octanol–water partition coefficient (Wildman–Crippen LogP) is -0.00290. The maximum Gasteiger partial charge on any atom is -0.00368 e. The molecule has 1 heterocycles. The van der Waals surface area contributed by atoms with E-state index in [2.05, 4.69) is 5.32 Å². The molecule has 0 saturated carbocycles. The molecule has 1 saturated heterocycles. The van der Waals surface area contributed by atoms with Gasteiger partial charge in [-0.2, -0.15) is 0 Å². The molecule has 6 heavy (non-hydrogen) atoms. The molecule has 1 aliphatic heterocycles. The second-order valence-corrected chi connectivity index (χ2v) is 1.10. The summed E-state index contributed by atoms with van der Waals surface area (Å²) in [5.41, 5.74) is 0. The van der Waals surface area contributed by atoms with Crippen LogP contribution in [0.4, 0.5) is 0 Å². The molecule has 0 unspecified atom stereocenters. The Morgan fingerprint density at radius 2 is 1.33 bits per heavy atom.